The molecule has 1 aliphatic rings. The summed E-state index contributed by atoms with van der Waals surface area (Å²) in [6, 6.07) is 14.1. The molecule has 0 atom stereocenters. The molecule has 168 valence electrons. The Hall–Kier alpha value is -3.04. The second-order valence-electron chi connectivity index (χ2n) is 8.19. The van der Waals surface area contributed by atoms with Gasteiger partial charge in [-0.3, -0.25) is 4.79 Å². The van der Waals surface area contributed by atoms with E-state index in [-0.39, 0.29) is 16.7 Å². The van der Waals surface area contributed by atoms with E-state index in [2.05, 4.69) is 22.4 Å². The normalized spacial score (nSPS) is 15.6. The average molecular weight is 455 g/mol. The molecule has 1 saturated heterocycles. The summed E-state index contributed by atoms with van der Waals surface area (Å²) in [5.74, 6) is 0.0833. The van der Waals surface area contributed by atoms with E-state index in [1.165, 1.54) is 16.4 Å². The standard InChI is InChI=1S/C23H26N4O4S/c1-16-3-5-18(6-4-16)15-24-21(28)23-26-25-22(31-23)19-7-9-20(10-8-19)32(29,30)27-13-11-17(2)12-14-27/h3-10,17H,11-15H2,1-2H3,(H,24,28). The number of nitrogens with one attached hydrogen (secondary N) is 1. The first-order valence-electron chi connectivity index (χ1n) is 10.6. The van der Waals surface area contributed by atoms with Crippen molar-refractivity contribution in [2.45, 2.75) is 38.1 Å². The SMILES string of the molecule is Cc1ccc(CNC(=O)c2nnc(-c3ccc(S(=O)(=O)N4CCC(C)CC4)cc3)o2)cc1. The van der Waals surface area contributed by atoms with Crippen LogP contribution in [0.2, 0.25) is 0 Å². The Morgan fingerprint density at radius 2 is 1.72 bits per heavy atom. The maximum absolute atomic E-state index is 12.9. The maximum atomic E-state index is 12.9. The van der Waals surface area contributed by atoms with Crippen molar-refractivity contribution in [2.24, 2.45) is 5.92 Å². The molecule has 32 heavy (non-hydrogen) atoms. The van der Waals surface area contributed by atoms with Crippen LogP contribution in [0.1, 0.15) is 41.6 Å². The van der Waals surface area contributed by atoms with E-state index in [1.54, 1.807) is 12.1 Å². The first-order valence-corrected chi connectivity index (χ1v) is 12.0. The zero-order chi connectivity index (χ0) is 22.7. The van der Waals surface area contributed by atoms with Gasteiger partial charge in [0.25, 0.3) is 0 Å². The lowest BCUT2D eigenvalue weighted by Gasteiger charge is -2.29. The molecular weight excluding hydrogens is 428 g/mol. The van der Waals surface area contributed by atoms with Gasteiger partial charge in [-0.15, -0.1) is 10.2 Å². The lowest BCUT2D eigenvalue weighted by atomic mass is 10.0. The van der Waals surface area contributed by atoms with Gasteiger partial charge in [0.1, 0.15) is 0 Å². The second-order valence-corrected chi connectivity index (χ2v) is 10.1. The topological polar surface area (TPSA) is 105 Å². The zero-order valence-corrected chi connectivity index (χ0v) is 18.9. The molecule has 0 radical (unpaired) electrons. The highest BCUT2D eigenvalue weighted by Gasteiger charge is 2.28. The molecule has 0 bridgehead atoms. The van der Waals surface area contributed by atoms with E-state index >= 15 is 0 Å². The Bertz CT molecular complexity index is 1180. The van der Waals surface area contributed by atoms with Gasteiger partial charge in [-0.2, -0.15) is 4.31 Å². The predicted molar refractivity (Wildman–Crippen MR) is 119 cm³/mol. The van der Waals surface area contributed by atoms with Crippen molar-refractivity contribution in [3.05, 3.63) is 65.5 Å². The highest BCUT2D eigenvalue weighted by molar-refractivity contribution is 7.89. The largest absolute Gasteiger partial charge is 0.412 e. The number of nitrogens with zero attached hydrogens (tertiary/aromatic N) is 3. The maximum Gasteiger partial charge on any atom is 0.309 e. The van der Waals surface area contributed by atoms with E-state index in [1.807, 2.05) is 31.2 Å². The summed E-state index contributed by atoms with van der Waals surface area (Å²) in [5, 5.41) is 10.5. The predicted octanol–water partition coefficient (Wildman–Crippen LogP) is 3.40. The Balaban J connectivity index is 1.41. The van der Waals surface area contributed by atoms with Crippen LogP contribution in [0.4, 0.5) is 0 Å². The highest BCUT2D eigenvalue weighted by Crippen LogP contribution is 2.25. The minimum atomic E-state index is -3.53. The summed E-state index contributed by atoms with van der Waals surface area (Å²) in [6.45, 7) is 5.56. The van der Waals surface area contributed by atoms with Crippen LogP contribution < -0.4 is 5.32 Å². The van der Waals surface area contributed by atoms with Crippen molar-refractivity contribution in [1.29, 1.82) is 0 Å². The Morgan fingerprint density at radius 3 is 2.38 bits per heavy atom. The molecule has 1 aromatic heterocycles. The third-order valence-corrected chi connectivity index (χ3v) is 7.59. The third kappa shape index (κ3) is 4.89. The second kappa shape index (κ2) is 9.22. The molecule has 2 heterocycles. The van der Waals surface area contributed by atoms with Crippen LogP contribution in [0.15, 0.2) is 57.8 Å². The molecule has 3 aromatic rings. The quantitative estimate of drug-likeness (QED) is 0.612. The molecule has 0 saturated carbocycles. The first-order chi connectivity index (χ1) is 15.3. The number of rotatable bonds is 6. The summed E-state index contributed by atoms with van der Waals surface area (Å²) in [6.07, 6.45) is 1.74. The number of hydrogen-bond acceptors (Lipinski definition) is 6. The van der Waals surface area contributed by atoms with E-state index in [4.69, 9.17) is 4.42 Å². The van der Waals surface area contributed by atoms with Crippen LogP contribution in [0.5, 0.6) is 0 Å². The van der Waals surface area contributed by atoms with Crippen LogP contribution >= 0.6 is 0 Å². The summed E-state index contributed by atoms with van der Waals surface area (Å²) < 4.78 is 32.8. The number of benzene rings is 2. The summed E-state index contributed by atoms with van der Waals surface area (Å²) in [7, 11) is -3.53. The number of carbonyl (C=O) groups excluding carboxylic acids is 1. The van der Waals surface area contributed by atoms with E-state index < -0.39 is 15.9 Å². The smallest absolute Gasteiger partial charge is 0.309 e. The molecule has 0 aliphatic carbocycles. The minimum Gasteiger partial charge on any atom is -0.412 e. The number of aromatic nitrogens is 2. The van der Waals surface area contributed by atoms with E-state index in [0.717, 1.165) is 24.0 Å². The molecule has 0 spiro atoms. The molecule has 1 N–H and O–H groups in total. The molecule has 0 unspecified atom stereocenters. The summed E-state index contributed by atoms with van der Waals surface area (Å²) >= 11 is 0. The highest BCUT2D eigenvalue weighted by atomic mass is 32.2. The minimum absolute atomic E-state index is 0.147. The number of sulfonamides is 1. The summed E-state index contributed by atoms with van der Waals surface area (Å²) in [5.41, 5.74) is 2.65. The first kappa shape index (κ1) is 22.2. The Morgan fingerprint density at radius 1 is 1.06 bits per heavy atom. The van der Waals surface area contributed by atoms with Crippen molar-refractivity contribution in [2.75, 3.05) is 13.1 Å². The van der Waals surface area contributed by atoms with Gasteiger partial charge in [-0.25, -0.2) is 8.42 Å². The van der Waals surface area contributed by atoms with Crippen molar-refractivity contribution in [3.63, 3.8) is 0 Å². The fraction of sp³-hybridized carbons (Fsp3) is 0.348. The third-order valence-electron chi connectivity index (χ3n) is 5.67. The number of aryl methyl sites for hydroxylation is 1. The molecule has 4 rings (SSSR count). The monoisotopic (exact) mass is 454 g/mol. The van der Waals surface area contributed by atoms with Gasteiger partial charge in [0, 0.05) is 25.2 Å². The molecule has 1 amide bonds. The zero-order valence-electron chi connectivity index (χ0n) is 18.1. The van der Waals surface area contributed by atoms with Crippen molar-refractivity contribution < 1.29 is 17.6 Å². The molecule has 8 nitrogen and oxygen atoms in total. The summed E-state index contributed by atoms with van der Waals surface area (Å²) in [4.78, 5) is 12.5. The number of amides is 1. The van der Waals surface area contributed by atoms with Gasteiger partial charge in [-0.05, 0) is 55.5 Å². The van der Waals surface area contributed by atoms with Gasteiger partial charge in [-0.1, -0.05) is 36.8 Å². The van der Waals surface area contributed by atoms with Crippen molar-refractivity contribution in [3.8, 4) is 11.5 Å². The Labute approximate surface area is 187 Å². The molecule has 2 aromatic carbocycles. The van der Waals surface area contributed by atoms with E-state index in [9.17, 15) is 13.2 Å². The van der Waals surface area contributed by atoms with Crippen LogP contribution in [-0.4, -0.2) is 41.9 Å². The average Bonchev–Trinajstić information content (AvgIpc) is 3.29. The number of carbonyl (C=O) groups is 1. The van der Waals surface area contributed by atoms with Crippen LogP contribution in [0.25, 0.3) is 11.5 Å². The van der Waals surface area contributed by atoms with Crippen molar-refractivity contribution in [1.82, 2.24) is 19.8 Å². The van der Waals surface area contributed by atoms with Gasteiger partial charge in [0.05, 0.1) is 4.90 Å². The van der Waals surface area contributed by atoms with Crippen LogP contribution in [0.3, 0.4) is 0 Å². The molecule has 1 fully saturated rings. The van der Waals surface area contributed by atoms with Crippen LogP contribution in [0, 0.1) is 12.8 Å². The van der Waals surface area contributed by atoms with Gasteiger partial charge in [0.2, 0.25) is 15.9 Å². The molecule has 1 aliphatic heterocycles. The molecular formula is C23H26N4O4S. The number of piperidine rings is 1. The van der Waals surface area contributed by atoms with Gasteiger partial charge < -0.3 is 9.73 Å². The molecule has 9 heteroatoms. The lowest BCUT2D eigenvalue weighted by Crippen LogP contribution is -2.37. The van der Waals surface area contributed by atoms with Gasteiger partial charge >= 0.3 is 11.8 Å². The van der Waals surface area contributed by atoms with Crippen LogP contribution in [-0.2, 0) is 16.6 Å². The Kier molecular flexibility index (Phi) is 6.38. The number of hydrogen-bond donors (Lipinski definition) is 1. The van der Waals surface area contributed by atoms with Crippen molar-refractivity contribution >= 4 is 15.9 Å². The van der Waals surface area contributed by atoms with E-state index in [0.29, 0.717) is 31.1 Å². The fourth-order valence-corrected chi connectivity index (χ4v) is 5.01. The van der Waals surface area contributed by atoms with Gasteiger partial charge in [0.15, 0.2) is 0 Å². The lowest BCUT2D eigenvalue weighted by molar-refractivity contribution is 0.0917. The fourth-order valence-electron chi connectivity index (χ4n) is 3.54.